The third-order valence-corrected chi connectivity index (χ3v) is 2.08. The van der Waals surface area contributed by atoms with Gasteiger partial charge in [0.05, 0.1) is 0 Å². The van der Waals surface area contributed by atoms with Crippen LogP contribution in [-0.2, 0) is 0 Å². The monoisotopic (exact) mass is 182 g/mol. The van der Waals surface area contributed by atoms with E-state index in [1.54, 1.807) is 12.1 Å². The van der Waals surface area contributed by atoms with E-state index in [9.17, 15) is 4.39 Å². The van der Waals surface area contributed by atoms with Gasteiger partial charge in [0, 0.05) is 5.56 Å². The molecule has 0 aromatic heterocycles. The second kappa shape index (κ2) is 3.66. The molecular weight excluding hydrogens is 174 g/mol. The van der Waals surface area contributed by atoms with Crippen molar-refractivity contribution in [2.75, 3.05) is 0 Å². The van der Waals surface area contributed by atoms with E-state index in [0.29, 0.717) is 11.0 Å². The molecule has 2 heteroatoms. The summed E-state index contributed by atoms with van der Waals surface area (Å²) in [5, 5.41) is 0. The first-order chi connectivity index (χ1) is 6.77. The van der Waals surface area contributed by atoms with Crippen LogP contribution in [-0.4, -0.2) is 7.85 Å². The predicted molar refractivity (Wildman–Crippen MR) is 57.2 cm³/mol. The molecule has 2 aromatic rings. The predicted octanol–water partition coefficient (Wildman–Crippen LogP) is 2.29. The summed E-state index contributed by atoms with van der Waals surface area (Å²) in [6.45, 7) is 0. The van der Waals surface area contributed by atoms with Gasteiger partial charge in [-0.25, -0.2) is 4.39 Å². The summed E-state index contributed by atoms with van der Waals surface area (Å²) in [6.07, 6.45) is 0. The summed E-state index contributed by atoms with van der Waals surface area (Å²) in [5.41, 5.74) is 1.90. The van der Waals surface area contributed by atoms with E-state index in [0.717, 1.165) is 5.56 Å². The zero-order valence-electron chi connectivity index (χ0n) is 7.57. The molecule has 0 aliphatic heterocycles. The quantitative estimate of drug-likeness (QED) is 0.593. The molecule has 0 saturated heterocycles. The lowest BCUT2D eigenvalue weighted by Gasteiger charge is -2.03. The molecule has 0 aliphatic carbocycles. The van der Waals surface area contributed by atoms with Gasteiger partial charge in [0.25, 0.3) is 0 Å². The van der Waals surface area contributed by atoms with Crippen molar-refractivity contribution in [2.24, 2.45) is 0 Å². The van der Waals surface area contributed by atoms with Crippen LogP contribution in [0.2, 0.25) is 0 Å². The van der Waals surface area contributed by atoms with Crippen molar-refractivity contribution in [2.45, 2.75) is 0 Å². The second-order valence-corrected chi connectivity index (χ2v) is 3.11. The standard InChI is InChI=1S/C12H8BF/c13-10-6-7-11(12(14)8-10)9-4-2-1-3-5-9/h1-8H. The van der Waals surface area contributed by atoms with Crippen LogP contribution in [0.15, 0.2) is 48.5 Å². The van der Waals surface area contributed by atoms with Crippen LogP contribution in [0, 0.1) is 5.82 Å². The fraction of sp³-hybridized carbons (Fsp3) is 0. The van der Waals surface area contributed by atoms with Crippen molar-refractivity contribution in [3.05, 3.63) is 54.3 Å². The number of halogens is 1. The molecule has 0 fully saturated rings. The van der Waals surface area contributed by atoms with Gasteiger partial charge in [-0.2, -0.15) is 0 Å². The van der Waals surface area contributed by atoms with E-state index in [2.05, 4.69) is 0 Å². The largest absolute Gasteiger partial charge is 0.206 e. The molecule has 0 N–H and O–H groups in total. The maximum absolute atomic E-state index is 13.5. The first kappa shape index (κ1) is 9.01. The minimum atomic E-state index is -0.281. The number of rotatable bonds is 1. The van der Waals surface area contributed by atoms with Gasteiger partial charge >= 0.3 is 0 Å². The molecule has 0 spiro atoms. The highest BCUT2D eigenvalue weighted by atomic mass is 19.1. The number of hydrogen-bond acceptors (Lipinski definition) is 0. The fourth-order valence-corrected chi connectivity index (χ4v) is 1.38. The Bertz CT molecular complexity index is 437. The molecule has 2 radical (unpaired) electrons. The smallest absolute Gasteiger partial charge is 0.130 e. The lowest BCUT2D eigenvalue weighted by atomic mass is 9.93. The summed E-state index contributed by atoms with van der Waals surface area (Å²) in [7, 11) is 5.47. The molecule has 0 amide bonds. The maximum Gasteiger partial charge on any atom is 0.130 e. The van der Waals surface area contributed by atoms with Crippen molar-refractivity contribution in [1.29, 1.82) is 0 Å². The van der Waals surface area contributed by atoms with Crippen molar-refractivity contribution < 1.29 is 4.39 Å². The third-order valence-electron chi connectivity index (χ3n) is 2.08. The van der Waals surface area contributed by atoms with E-state index in [1.165, 1.54) is 6.07 Å². The second-order valence-electron chi connectivity index (χ2n) is 3.11. The Morgan fingerprint density at radius 1 is 0.929 bits per heavy atom. The Hall–Kier alpha value is -1.57. The van der Waals surface area contributed by atoms with Crippen LogP contribution in [0.3, 0.4) is 0 Å². The summed E-state index contributed by atoms with van der Waals surface area (Å²) >= 11 is 0. The minimum Gasteiger partial charge on any atom is -0.206 e. The highest BCUT2D eigenvalue weighted by molar-refractivity contribution is 6.32. The first-order valence-corrected chi connectivity index (χ1v) is 4.38. The van der Waals surface area contributed by atoms with E-state index in [1.807, 2.05) is 30.3 Å². The normalized spacial score (nSPS) is 10.1. The summed E-state index contributed by atoms with van der Waals surface area (Å²) < 4.78 is 13.5. The molecule has 2 rings (SSSR count). The van der Waals surface area contributed by atoms with Crippen molar-refractivity contribution >= 4 is 13.3 Å². The molecule has 0 saturated carbocycles. The molecule has 0 heterocycles. The van der Waals surface area contributed by atoms with Crippen molar-refractivity contribution in [1.82, 2.24) is 0 Å². The molecular formula is C12H8BF. The van der Waals surface area contributed by atoms with Gasteiger partial charge in [-0.05, 0) is 11.6 Å². The average Bonchev–Trinajstić information content (AvgIpc) is 2.19. The number of hydrogen-bond donors (Lipinski definition) is 0. The molecule has 66 valence electrons. The highest BCUT2D eigenvalue weighted by Crippen LogP contribution is 2.20. The van der Waals surface area contributed by atoms with Crippen LogP contribution in [0.4, 0.5) is 4.39 Å². The Labute approximate surface area is 83.8 Å². The molecule has 0 bridgehead atoms. The Kier molecular flexibility index (Phi) is 2.36. The Morgan fingerprint density at radius 3 is 2.29 bits per heavy atom. The van der Waals surface area contributed by atoms with Gasteiger partial charge < -0.3 is 0 Å². The SMILES string of the molecule is [B]c1ccc(-c2ccccc2)c(F)c1. The Balaban J connectivity index is 2.53. The zero-order valence-corrected chi connectivity index (χ0v) is 7.57. The average molecular weight is 182 g/mol. The molecule has 0 aliphatic rings. The molecule has 14 heavy (non-hydrogen) atoms. The van der Waals surface area contributed by atoms with Crippen molar-refractivity contribution in [3.63, 3.8) is 0 Å². The van der Waals surface area contributed by atoms with Gasteiger partial charge in [-0.3, -0.25) is 0 Å². The maximum atomic E-state index is 13.5. The highest BCUT2D eigenvalue weighted by Gasteiger charge is 2.03. The van der Waals surface area contributed by atoms with E-state index in [4.69, 9.17) is 7.85 Å². The fourth-order valence-electron chi connectivity index (χ4n) is 1.38. The topological polar surface area (TPSA) is 0 Å². The number of benzene rings is 2. The Morgan fingerprint density at radius 2 is 1.64 bits per heavy atom. The minimum absolute atomic E-state index is 0.281. The van der Waals surface area contributed by atoms with Crippen LogP contribution in [0.1, 0.15) is 0 Å². The van der Waals surface area contributed by atoms with Gasteiger partial charge in [0.2, 0.25) is 0 Å². The lowest BCUT2D eigenvalue weighted by Crippen LogP contribution is -2.02. The van der Waals surface area contributed by atoms with Gasteiger partial charge in [-0.15, -0.1) is 0 Å². The summed E-state index contributed by atoms with van der Waals surface area (Å²) in [5.74, 6) is -0.281. The molecule has 0 nitrogen and oxygen atoms in total. The van der Waals surface area contributed by atoms with Crippen LogP contribution < -0.4 is 5.46 Å². The van der Waals surface area contributed by atoms with Gasteiger partial charge in [0.1, 0.15) is 13.7 Å². The van der Waals surface area contributed by atoms with E-state index in [-0.39, 0.29) is 5.82 Å². The summed E-state index contributed by atoms with van der Waals surface area (Å²) in [6, 6.07) is 14.1. The molecule has 2 aromatic carbocycles. The van der Waals surface area contributed by atoms with Gasteiger partial charge in [0.15, 0.2) is 0 Å². The van der Waals surface area contributed by atoms with E-state index >= 15 is 0 Å². The van der Waals surface area contributed by atoms with Crippen LogP contribution in [0.25, 0.3) is 11.1 Å². The zero-order chi connectivity index (χ0) is 9.97. The van der Waals surface area contributed by atoms with Crippen LogP contribution >= 0.6 is 0 Å². The summed E-state index contributed by atoms with van der Waals surface area (Å²) in [4.78, 5) is 0. The first-order valence-electron chi connectivity index (χ1n) is 4.38. The third kappa shape index (κ3) is 1.69. The molecule has 0 atom stereocenters. The van der Waals surface area contributed by atoms with E-state index < -0.39 is 0 Å². The lowest BCUT2D eigenvalue weighted by molar-refractivity contribution is 0.632. The molecule has 0 unspecified atom stereocenters. The van der Waals surface area contributed by atoms with Crippen molar-refractivity contribution in [3.8, 4) is 11.1 Å². The van der Waals surface area contributed by atoms with Gasteiger partial charge in [-0.1, -0.05) is 47.9 Å². The van der Waals surface area contributed by atoms with Crippen LogP contribution in [0.5, 0.6) is 0 Å².